The quantitative estimate of drug-likeness (QED) is 0.302. The van der Waals surface area contributed by atoms with Gasteiger partial charge < -0.3 is 0 Å². The van der Waals surface area contributed by atoms with Crippen LogP contribution < -0.4 is 0 Å². The van der Waals surface area contributed by atoms with E-state index in [9.17, 15) is 0 Å². The third-order valence-electron chi connectivity index (χ3n) is 10.5. The maximum absolute atomic E-state index is 2.59. The molecule has 0 radical (unpaired) electrons. The molecule has 156 valence electrons. The van der Waals surface area contributed by atoms with Crippen LogP contribution in [-0.2, 0) is 0 Å². The van der Waals surface area contributed by atoms with E-state index in [0.29, 0.717) is 0 Å². The van der Waals surface area contributed by atoms with E-state index in [1.54, 1.807) is 38.5 Å². The van der Waals surface area contributed by atoms with Crippen LogP contribution in [0.4, 0.5) is 0 Å². The van der Waals surface area contributed by atoms with Gasteiger partial charge in [0.15, 0.2) is 0 Å². The Bertz CT molecular complexity index is 476. The zero-order valence-corrected chi connectivity index (χ0v) is 19.2. The van der Waals surface area contributed by atoms with Gasteiger partial charge in [-0.2, -0.15) is 0 Å². The minimum absolute atomic E-state index is 0.893. The number of rotatable bonds is 12. The molecule has 4 aliphatic rings. The van der Waals surface area contributed by atoms with E-state index in [1.165, 1.54) is 44.4 Å². The molecular formula is C27H48. The smallest absolute Gasteiger partial charge is 0.0230 e. The lowest BCUT2D eigenvalue weighted by molar-refractivity contribution is -0.0369. The highest BCUT2D eigenvalue weighted by molar-refractivity contribution is 5.25. The summed E-state index contributed by atoms with van der Waals surface area (Å²) in [5.74, 6) is 9.81. The Morgan fingerprint density at radius 1 is 0.778 bits per heavy atom. The van der Waals surface area contributed by atoms with Gasteiger partial charge in [0.2, 0.25) is 0 Å². The zero-order chi connectivity index (χ0) is 19.2. The lowest BCUT2D eigenvalue weighted by atomic mass is 9.53. The summed E-state index contributed by atoms with van der Waals surface area (Å²) in [4.78, 5) is 0. The van der Waals surface area contributed by atoms with E-state index in [1.807, 2.05) is 0 Å². The Labute approximate surface area is 170 Å². The summed E-state index contributed by atoms with van der Waals surface area (Å²) in [6, 6.07) is 0. The van der Waals surface area contributed by atoms with Crippen molar-refractivity contribution in [2.45, 2.75) is 112 Å². The molecule has 0 aromatic carbocycles. The normalized spacial score (nSPS) is 48.3. The largest absolute Gasteiger partial charge is 0.0651 e. The molecule has 0 aliphatic heterocycles. The lowest BCUT2D eigenvalue weighted by Crippen LogP contribution is -2.45. The summed E-state index contributed by atoms with van der Waals surface area (Å²) in [7, 11) is 0. The van der Waals surface area contributed by atoms with E-state index in [2.05, 4.69) is 34.6 Å². The number of hydrogen-bond acceptors (Lipinski definition) is 0. The predicted octanol–water partition coefficient (Wildman–Crippen LogP) is 8.35. The minimum atomic E-state index is 0.893. The molecule has 4 rings (SSSR count). The maximum atomic E-state index is 2.59. The SMILES string of the molecule is CCC1C(CC)C(CCCCC2CC(C(C)CC34CC3C4CC)C2)C1CC. The van der Waals surface area contributed by atoms with Gasteiger partial charge in [-0.3, -0.25) is 0 Å². The van der Waals surface area contributed by atoms with E-state index in [4.69, 9.17) is 0 Å². The average Bonchev–Trinajstić information content (AvgIpc) is 3.45. The fourth-order valence-corrected chi connectivity index (χ4v) is 8.67. The van der Waals surface area contributed by atoms with Gasteiger partial charge in [0.1, 0.15) is 0 Å². The second kappa shape index (κ2) is 8.02. The van der Waals surface area contributed by atoms with Crippen LogP contribution in [0.2, 0.25) is 0 Å². The molecule has 0 spiro atoms. The first-order valence-electron chi connectivity index (χ1n) is 13.1. The fourth-order valence-electron chi connectivity index (χ4n) is 8.67. The number of hydrogen-bond donors (Lipinski definition) is 0. The van der Waals surface area contributed by atoms with Crippen LogP contribution in [-0.4, -0.2) is 0 Å². The molecule has 4 saturated carbocycles. The van der Waals surface area contributed by atoms with Gasteiger partial charge in [0, 0.05) is 0 Å². The van der Waals surface area contributed by atoms with Crippen LogP contribution in [0.5, 0.6) is 0 Å². The van der Waals surface area contributed by atoms with Crippen LogP contribution in [0, 0.1) is 58.7 Å². The second-order valence-corrected chi connectivity index (χ2v) is 11.5. The van der Waals surface area contributed by atoms with Gasteiger partial charge in [-0.1, -0.05) is 79.6 Å². The van der Waals surface area contributed by atoms with Crippen molar-refractivity contribution in [1.82, 2.24) is 0 Å². The van der Waals surface area contributed by atoms with E-state index < -0.39 is 0 Å². The first-order chi connectivity index (χ1) is 13.1. The lowest BCUT2D eigenvalue weighted by Gasteiger charge is -2.52. The van der Waals surface area contributed by atoms with Crippen molar-refractivity contribution in [3.63, 3.8) is 0 Å². The highest BCUT2D eigenvalue weighted by atomic mass is 14.8. The molecule has 0 bridgehead atoms. The maximum Gasteiger partial charge on any atom is -0.0230 e. The Balaban J connectivity index is 1.08. The first-order valence-corrected chi connectivity index (χ1v) is 13.1. The zero-order valence-electron chi connectivity index (χ0n) is 19.2. The standard InChI is InChI=1S/C27H48/c1-6-21-22(7-2)24(23(21)8-3)13-11-10-12-19-14-20(15-19)18(5)16-27-17-26(27)25(27)9-4/h18-26H,6-17H2,1-5H3. The Morgan fingerprint density at radius 2 is 1.37 bits per heavy atom. The van der Waals surface area contributed by atoms with Crippen molar-refractivity contribution in [2.75, 3.05) is 0 Å². The Kier molecular flexibility index (Phi) is 6.03. The molecular weight excluding hydrogens is 324 g/mol. The molecule has 27 heavy (non-hydrogen) atoms. The Morgan fingerprint density at radius 3 is 1.89 bits per heavy atom. The summed E-state index contributed by atoms with van der Waals surface area (Å²) in [6.45, 7) is 12.3. The summed E-state index contributed by atoms with van der Waals surface area (Å²) < 4.78 is 0. The first kappa shape index (κ1) is 20.3. The van der Waals surface area contributed by atoms with Crippen molar-refractivity contribution < 1.29 is 0 Å². The van der Waals surface area contributed by atoms with Gasteiger partial charge in [0.05, 0.1) is 0 Å². The molecule has 0 heteroatoms. The van der Waals surface area contributed by atoms with Crippen molar-refractivity contribution in [1.29, 1.82) is 0 Å². The summed E-state index contributed by atoms with van der Waals surface area (Å²) in [5.41, 5.74) is 0.893. The summed E-state index contributed by atoms with van der Waals surface area (Å²) in [6.07, 6.45) is 18.2. The summed E-state index contributed by atoms with van der Waals surface area (Å²) in [5, 5.41) is 0. The van der Waals surface area contributed by atoms with Crippen molar-refractivity contribution >= 4 is 0 Å². The molecule has 4 aliphatic carbocycles. The van der Waals surface area contributed by atoms with Gasteiger partial charge in [-0.05, 0) is 90.8 Å². The number of unbranched alkanes of at least 4 members (excludes halogenated alkanes) is 1. The van der Waals surface area contributed by atoms with Gasteiger partial charge in [-0.15, -0.1) is 0 Å². The summed E-state index contributed by atoms with van der Waals surface area (Å²) >= 11 is 0. The van der Waals surface area contributed by atoms with Gasteiger partial charge in [0.25, 0.3) is 0 Å². The molecule has 0 saturated heterocycles. The molecule has 0 aromatic rings. The monoisotopic (exact) mass is 372 g/mol. The number of fused-ring (bicyclic) bond motifs is 1. The minimum Gasteiger partial charge on any atom is -0.0651 e. The molecule has 0 amide bonds. The molecule has 6 atom stereocenters. The average molecular weight is 373 g/mol. The predicted molar refractivity (Wildman–Crippen MR) is 118 cm³/mol. The van der Waals surface area contributed by atoms with E-state index in [0.717, 1.165) is 52.8 Å². The van der Waals surface area contributed by atoms with Crippen LogP contribution in [0.25, 0.3) is 0 Å². The second-order valence-electron chi connectivity index (χ2n) is 11.5. The Hall–Kier alpha value is 0. The van der Waals surface area contributed by atoms with E-state index >= 15 is 0 Å². The van der Waals surface area contributed by atoms with Crippen LogP contribution in [0.1, 0.15) is 112 Å². The molecule has 4 fully saturated rings. The third kappa shape index (κ3) is 3.54. The fraction of sp³-hybridized carbons (Fsp3) is 1.00. The van der Waals surface area contributed by atoms with Gasteiger partial charge in [-0.25, -0.2) is 0 Å². The molecule has 0 nitrogen and oxygen atoms in total. The van der Waals surface area contributed by atoms with Crippen LogP contribution in [0.3, 0.4) is 0 Å². The van der Waals surface area contributed by atoms with E-state index in [-0.39, 0.29) is 0 Å². The van der Waals surface area contributed by atoms with Gasteiger partial charge >= 0.3 is 0 Å². The molecule has 0 aromatic heterocycles. The third-order valence-corrected chi connectivity index (χ3v) is 10.5. The van der Waals surface area contributed by atoms with Crippen LogP contribution >= 0.6 is 0 Å². The molecule has 0 heterocycles. The van der Waals surface area contributed by atoms with Crippen molar-refractivity contribution in [2.24, 2.45) is 58.7 Å². The topological polar surface area (TPSA) is 0 Å². The van der Waals surface area contributed by atoms with Crippen molar-refractivity contribution in [3.8, 4) is 0 Å². The highest BCUT2D eigenvalue weighted by Gasteiger charge is 2.76. The highest BCUT2D eigenvalue weighted by Crippen LogP contribution is 2.83. The molecule has 6 unspecified atom stereocenters. The van der Waals surface area contributed by atoms with Crippen LogP contribution in [0.15, 0.2) is 0 Å². The van der Waals surface area contributed by atoms with Crippen molar-refractivity contribution in [3.05, 3.63) is 0 Å². The molecule has 0 N–H and O–H groups in total.